The fourth-order valence-electron chi connectivity index (χ4n) is 4.27. The van der Waals surface area contributed by atoms with Gasteiger partial charge in [-0.3, -0.25) is 9.59 Å². The first kappa shape index (κ1) is 24.6. The van der Waals surface area contributed by atoms with Gasteiger partial charge in [0.2, 0.25) is 0 Å². The van der Waals surface area contributed by atoms with Crippen molar-refractivity contribution in [1.29, 1.82) is 0 Å². The van der Waals surface area contributed by atoms with Gasteiger partial charge in [-0.2, -0.15) is 0 Å². The zero-order valence-corrected chi connectivity index (χ0v) is 19.4. The monoisotopic (exact) mass is 465 g/mol. The molecule has 1 atom stereocenters. The van der Waals surface area contributed by atoms with Gasteiger partial charge in [0.1, 0.15) is 0 Å². The molecule has 2 heterocycles. The summed E-state index contributed by atoms with van der Waals surface area (Å²) in [5, 5.41) is 9.08. The summed E-state index contributed by atoms with van der Waals surface area (Å²) < 4.78 is 26.4. The number of hydrogen-bond acceptors (Lipinski definition) is 6. The largest absolute Gasteiger partial charge is 0.475 e. The van der Waals surface area contributed by atoms with Crippen molar-refractivity contribution < 1.29 is 33.4 Å². The van der Waals surface area contributed by atoms with Gasteiger partial charge >= 0.3 is 12.1 Å². The van der Waals surface area contributed by atoms with E-state index in [0.29, 0.717) is 31.8 Å². The highest BCUT2D eigenvalue weighted by Crippen LogP contribution is 2.33. The molecule has 2 aliphatic heterocycles. The number of carbonyl (C=O) groups excluding carboxylic acids is 2. The Hall–Kier alpha value is -3.04. The number of rotatable bonds is 6. The van der Waals surface area contributed by atoms with E-state index in [0.717, 1.165) is 6.42 Å². The number of anilines is 1. The van der Waals surface area contributed by atoms with Crippen LogP contribution >= 0.6 is 0 Å². The molecule has 2 aliphatic rings. The average Bonchev–Trinajstić information content (AvgIpc) is 2.80. The van der Waals surface area contributed by atoms with Gasteiger partial charge in [0.25, 0.3) is 5.91 Å². The smallest absolute Gasteiger partial charge is 0.407 e. The van der Waals surface area contributed by atoms with Crippen LogP contribution in [0.3, 0.4) is 0 Å². The first-order chi connectivity index (χ1) is 15.6. The van der Waals surface area contributed by atoms with E-state index in [1.807, 2.05) is 4.90 Å². The lowest BCUT2D eigenvalue weighted by Crippen LogP contribution is -2.56. The van der Waals surface area contributed by atoms with E-state index >= 15 is 4.39 Å². The third-order valence-corrected chi connectivity index (χ3v) is 6.04. The van der Waals surface area contributed by atoms with E-state index in [9.17, 15) is 14.4 Å². The first-order valence-corrected chi connectivity index (χ1v) is 11.3. The number of amides is 2. The molecule has 0 aromatic heterocycles. The molecule has 182 valence electrons. The van der Waals surface area contributed by atoms with Crippen molar-refractivity contribution in [3.63, 3.8) is 0 Å². The third-order valence-electron chi connectivity index (χ3n) is 6.04. The normalized spacial score (nSPS) is 19.3. The van der Waals surface area contributed by atoms with Crippen LogP contribution in [-0.2, 0) is 14.3 Å². The van der Waals surface area contributed by atoms with E-state index in [-0.39, 0.29) is 49.7 Å². The molecule has 33 heavy (non-hydrogen) atoms. The zero-order chi connectivity index (χ0) is 24.2. The number of halogens is 1. The van der Waals surface area contributed by atoms with Crippen LogP contribution in [0.5, 0.6) is 5.75 Å². The second-order valence-corrected chi connectivity index (χ2v) is 8.80. The van der Waals surface area contributed by atoms with Gasteiger partial charge < -0.3 is 29.3 Å². The minimum atomic E-state index is -1.35. The van der Waals surface area contributed by atoms with E-state index in [1.165, 1.54) is 15.9 Å². The summed E-state index contributed by atoms with van der Waals surface area (Å²) in [5.41, 5.74) is -1.03. The second kappa shape index (κ2) is 10.3. The van der Waals surface area contributed by atoms with Crippen molar-refractivity contribution in [3.8, 4) is 5.75 Å². The molecule has 10 heteroatoms. The third kappa shape index (κ3) is 5.66. The SMILES string of the molecule is CCOC(=O)C1CCCN(c2cccc(OC(C)(C)C(=O)N3CCN(C(=O)O)CC3)c2F)C1. The molecule has 0 aliphatic carbocycles. The Morgan fingerprint density at radius 3 is 2.42 bits per heavy atom. The predicted molar refractivity (Wildman–Crippen MR) is 119 cm³/mol. The van der Waals surface area contributed by atoms with Gasteiger partial charge in [-0.1, -0.05) is 6.07 Å². The van der Waals surface area contributed by atoms with Gasteiger partial charge in [-0.05, 0) is 45.7 Å². The van der Waals surface area contributed by atoms with E-state index in [1.54, 1.807) is 32.9 Å². The number of esters is 1. The van der Waals surface area contributed by atoms with Crippen molar-refractivity contribution >= 4 is 23.7 Å². The van der Waals surface area contributed by atoms with Crippen molar-refractivity contribution in [2.75, 3.05) is 50.8 Å². The maximum absolute atomic E-state index is 15.4. The summed E-state index contributed by atoms with van der Waals surface area (Å²) >= 11 is 0. The molecule has 0 bridgehead atoms. The van der Waals surface area contributed by atoms with E-state index in [4.69, 9.17) is 14.6 Å². The fourth-order valence-corrected chi connectivity index (χ4v) is 4.27. The average molecular weight is 466 g/mol. The summed E-state index contributed by atoms with van der Waals surface area (Å²) in [7, 11) is 0. The van der Waals surface area contributed by atoms with E-state index < -0.39 is 17.5 Å². The van der Waals surface area contributed by atoms with Gasteiger partial charge in [0.05, 0.1) is 18.2 Å². The Balaban J connectivity index is 1.70. The number of piperidine rings is 1. The van der Waals surface area contributed by atoms with Crippen LogP contribution in [0.25, 0.3) is 0 Å². The molecule has 1 aromatic carbocycles. The van der Waals surface area contributed by atoms with Crippen LogP contribution in [0.2, 0.25) is 0 Å². The lowest BCUT2D eigenvalue weighted by Gasteiger charge is -2.38. The maximum atomic E-state index is 15.4. The zero-order valence-electron chi connectivity index (χ0n) is 19.4. The van der Waals surface area contributed by atoms with E-state index in [2.05, 4.69) is 0 Å². The van der Waals surface area contributed by atoms with Crippen molar-refractivity contribution in [3.05, 3.63) is 24.0 Å². The minimum Gasteiger partial charge on any atom is -0.475 e. The molecule has 1 aromatic rings. The molecular weight excluding hydrogens is 433 g/mol. The Labute approximate surface area is 193 Å². The number of benzene rings is 1. The highest BCUT2D eigenvalue weighted by molar-refractivity contribution is 5.85. The van der Waals surface area contributed by atoms with Crippen LogP contribution < -0.4 is 9.64 Å². The van der Waals surface area contributed by atoms with Crippen LogP contribution in [0.4, 0.5) is 14.9 Å². The minimum absolute atomic E-state index is 0.0479. The van der Waals surface area contributed by atoms with Crippen LogP contribution in [-0.4, -0.2) is 84.4 Å². The molecule has 3 rings (SSSR count). The van der Waals surface area contributed by atoms with Gasteiger partial charge in [-0.15, -0.1) is 0 Å². The number of carboxylic acid groups (broad SMARTS) is 1. The summed E-state index contributed by atoms with van der Waals surface area (Å²) in [6.07, 6.45) is 0.420. The Bertz CT molecular complexity index is 885. The van der Waals surface area contributed by atoms with Gasteiger partial charge in [-0.25, -0.2) is 9.18 Å². The molecule has 9 nitrogen and oxygen atoms in total. The van der Waals surface area contributed by atoms with Crippen molar-refractivity contribution in [2.45, 2.75) is 39.2 Å². The standard InChI is InChI=1S/C23H32FN3O6/c1-4-32-20(28)16-7-6-10-27(15-16)17-8-5-9-18(19(17)24)33-23(2,3)21(29)25-11-13-26(14-12-25)22(30)31/h5,8-9,16H,4,6-7,10-15H2,1-3H3,(H,30,31). The van der Waals surface area contributed by atoms with Crippen LogP contribution in [0.15, 0.2) is 18.2 Å². The number of nitrogens with zero attached hydrogens (tertiary/aromatic N) is 3. The van der Waals surface area contributed by atoms with Crippen LogP contribution in [0, 0.1) is 11.7 Å². The number of hydrogen-bond donors (Lipinski definition) is 1. The highest BCUT2D eigenvalue weighted by Gasteiger charge is 2.37. The molecule has 0 saturated carbocycles. The number of carbonyl (C=O) groups is 3. The first-order valence-electron chi connectivity index (χ1n) is 11.3. The Kier molecular flexibility index (Phi) is 7.65. The molecular formula is C23H32FN3O6. The molecule has 2 amide bonds. The summed E-state index contributed by atoms with van der Waals surface area (Å²) in [4.78, 5) is 40.9. The lowest BCUT2D eigenvalue weighted by atomic mass is 9.97. The quantitative estimate of drug-likeness (QED) is 0.645. The summed E-state index contributed by atoms with van der Waals surface area (Å²) in [6.45, 7) is 7.12. The summed E-state index contributed by atoms with van der Waals surface area (Å²) in [6, 6.07) is 4.77. The molecule has 1 N–H and O–H groups in total. The maximum Gasteiger partial charge on any atom is 0.407 e. The van der Waals surface area contributed by atoms with Gasteiger partial charge in [0.15, 0.2) is 17.2 Å². The van der Waals surface area contributed by atoms with Gasteiger partial charge in [0, 0.05) is 39.3 Å². The molecule has 2 fully saturated rings. The molecule has 1 unspecified atom stereocenters. The van der Waals surface area contributed by atoms with Crippen molar-refractivity contribution in [2.24, 2.45) is 5.92 Å². The molecule has 0 radical (unpaired) electrons. The number of ether oxygens (including phenoxy) is 2. The number of piperazine rings is 1. The second-order valence-electron chi connectivity index (χ2n) is 8.80. The Morgan fingerprint density at radius 2 is 1.79 bits per heavy atom. The summed E-state index contributed by atoms with van der Waals surface area (Å²) in [5.74, 6) is -1.56. The van der Waals surface area contributed by atoms with Crippen molar-refractivity contribution in [1.82, 2.24) is 9.80 Å². The Morgan fingerprint density at radius 1 is 1.12 bits per heavy atom. The molecule has 2 saturated heterocycles. The lowest BCUT2D eigenvalue weighted by molar-refractivity contribution is -0.148. The van der Waals surface area contributed by atoms with Crippen LogP contribution in [0.1, 0.15) is 33.6 Å². The highest BCUT2D eigenvalue weighted by atomic mass is 19.1. The fraction of sp³-hybridized carbons (Fsp3) is 0.609. The predicted octanol–water partition coefficient (Wildman–Crippen LogP) is 2.58. The topological polar surface area (TPSA) is 99.6 Å². The molecule has 0 spiro atoms.